The maximum Gasteiger partial charge on any atom is 0.191 e. The van der Waals surface area contributed by atoms with Crippen molar-refractivity contribution in [1.29, 1.82) is 0 Å². The van der Waals surface area contributed by atoms with Gasteiger partial charge >= 0.3 is 0 Å². The van der Waals surface area contributed by atoms with Gasteiger partial charge in [0.1, 0.15) is 0 Å². The lowest BCUT2D eigenvalue weighted by molar-refractivity contribution is 0.278. The predicted molar refractivity (Wildman–Crippen MR) is 103 cm³/mol. The summed E-state index contributed by atoms with van der Waals surface area (Å²) in [5.41, 5.74) is 0. The Hall–Kier alpha value is 0.310. The third-order valence-corrected chi connectivity index (χ3v) is 5.33. The molecular weight excluding hydrogens is 383 g/mol. The molecule has 6 heteroatoms. The summed E-state index contributed by atoms with van der Waals surface area (Å²) in [6.45, 7) is 9.73. The molecule has 1 rings (SSSR count). The second-order valence-electron chi connectivity index (χ2n) is 5.83. The number of thioether (sulfide) groups is 1. The van der Waals surface area contributed by atoms with Crippen molar-refractivity contribution < 1.29 is 0 Å². The highest BCUT2D eigenvalue weighted by molar-refractivity contribution is 14.0. The van der Waals surface area contributed by atoms with Crippen molar-refractivity contribution in [3.8, 4) is 0 Å². The fourth-order valence-corrected chi connectivity index (χ4v) is 3.32. The quantitative estimate of drug-likeness (QED) is 0.398. The van der Waals surface area contributed by atoms with Crippen molar-refractivity contribution in [3.63, 3.8) is 0 Å². The van der Waals surface area contributed by atoms with Crippen molar-refractivity contribution in [3.05, 3.63) is 0 Å². The Balaban J connectivity index is 0.00000361. The standard InChI is InChI=1S/C14H30N4S.HI/c1-12(2)18(5)9-8-16-13(15-4)17-11-14(3)7-6-10-19-14;/h12H,6-11H2,1-5H3,(H2,15,16,17);1H. The van der Waals surface area contributed by atoms with Gasteiger partial charge in [0.25, 0.3) is 0 Å². The van der Waals surface area contributed by atoms with Gasteiger partial charge < -0.3 is 15.5 Å². The summed E-state index contributed by atoms with van der Waals surface area (Å²) in [5, 5.41) is 6.84. The third-order valence-electron chi connectivity index (χ3n) is 3.79. The number of rotatable bonds is 6. The minimum absolute atomic E-state index is 0. The minimum atomic E-state index is 0. The number of guanidine groups is 1. The number of aliphatic imine (C=N–C) groups is 1. The van der Waals surface area contributed by atoms with Crippen LogP contribution >= 0.6 is 35.7 Å². The Bertz CT molecular complexity index is 291. The van der Waals surface area contributed by atoms with Crippen LogP contribution in [0.15, 0.2) is 4.99 Å². The molecule has 4 nitrogen and oxygen atoms in total. The Morgan fingerprint density at radius 3 is 2.60 bits per heavy atom. The highest BCUT2D eigenvalue weighted by atomic mass is 127. The SMILES string of the molecule is CN=C(NCCN(C)C(C)C)NCC1(C)CCCS1.I. The van der Waals surface area contributed by atoms with Crippen molar-refractivity contribution >= 4 is 41.7 Å². The summed E-state index contributed by atoms with van der Waals surface area (Å²) >= 11 is 2.08. The fourth-order valence-electron chi connectivity index (χ4n) is 2.08. The van der Waals surface area contributed by atoms with Crippen LogP contribution < -0.4 is 10.6 Å². The molecule has 0 aromatic carbocycles. The lowest BCUT2D eigenvalue weighted by Crippen LogP contribution is -2.45. The van der Waals surface area contributed by atoms with E-state index in [1.807, 2.05) is 7.05 Å². The topological polar surface area (TPSA) is 39.7 Å². The summed E-state index contributed by atoms with van der Waals surface area (Å²) in [4.78, 5) is 6.62. The second-order valence-corrected chi connectivity index (χ2v) is 7.51. The smallest absolute Gasteiger partial charge is 0.191 e. The second kappa shape index (κ2) is 10.1. The molecule has 0 amide bonds. The van der Waals surface area contributed by atoms with Crippen LogP contribution in [-0.4, -0.2) is 61.1 Å². The van der Waals surface area contributed by atoms with Gasteiger partial charge in [-0.1, -0.05) is 0 Å². The fraction of sp³-hybridized carbons (Fsp3) is 0.929. The largest absolute Gasteiger partial charge is 0.355 e. The summed E-state index contributed by atoms with van der Waals surface area (Å²) in [5.74, 6) is 2.22. The van der Waals surface area contributed by atoms with Crippen LogP contribution in [0.2, 0.25) is 0 Å². The van der Waals surface area contributed by atoms with Crippen LogP contribution in [-0.2, 0) is 0 Å². The number of likely N-dealkylation sites (N-methyl/N-ethyl adjacent to an activating group) is 1. The molecule has 1 heterocycles. The number of hydrogen-bond acceptors (Lipinski definition) is 3. The number of halogens is 1. The van der Waals surface area contributed by atoms with Gasteiger partial charge in [-0.15, -0.1) is 24.0 Å². The highest BCUT2D eigenvalue weighted by Crippen LogP contribution is 2.36. The van der Waals surface area contributed by atoms with E-state index in [1.165, 1.54) is 18.6 Å². The van der Waals surface area contributed by atoms with E-state index in [4.69, 9.17) is 0 Å². The zero-order valence-corrected chi connectivity index (χ0v) is 16.7. The van der Waals surface area contributed by atoms with Gasteiger partial charge in [-0.25, -0.2) is 0 Å². The average molecular weight is 414 g/mol. The van der Waals surface area contributed by atoms with Gasteiger partial charge in [0.15, 0.2) is 5.96 Å². The molecule has 0 saturated carbocycles. The van der Waals surface area contributed by atoms with E-state index in [-0.39, 0.29) is 24.0 Å². The molecule has 0 aromatic rings. The number of nitrogens with zero attached hydrogens (tertiary/aromatic N) is 2. The normalized spacial score (nSPS) is 23.1. The van der Waals surface area contributed by atoms with Gasteiger partial charge in [-0.2, -0.15) is 11.8 Å². The van der Waals surface area contributed by atoms with Gasteiger partial charge in [-0.3, -0.25) is 4.99 Å². The van der Waals surface area contributed by atoms with E-state index in [0.29, 0.717) is 10.8 Å². The van der Waals surface area contributed by atoms with Crippen molar-refractivity contribution in [2.24, 2.45) is 4.99 Å². The maximum atomic E-state index is 4.29. The Kier molecular flexibility index (Phi) is 10.3. The molecule has 1 aliphatic rings. The van der Waals surface area contributed by atoms with Crippen LogP contribution in [0.25, 0.3) is 0 Å². The molecule has 1 fully saturated rings. The molecule has 1 unspecified atom stereocenters. The van der Waals surface area contributed by atoms with Gasteiger partial charge in [-0.05, 0) is 46.4 Å². The summed E-state index contributed by atoms with van der Waals surface area (Å²) in [6.07, 6.45) is 2.64. The summed E-state index contributed by atoms with van der Waals surface area (Å²) in [7, 11) is 3.99. The van der Waals surface area contributed by atoms with Gasteiger partial charge in [0.2, 0.25) is 0 Å². The zero-order valence-electron chi connectivity index (χ0n) is 13.5. The Morgan fingerprint density at radius 2 is 2.10 bits per heavy atom. The summed E-state index contributed by atoms with van der Waals surface area (Å²) in [6, 6.07) is 0.588. The van der Waals surface area contributed by atoms with E-state index < -0.39 is 0 Å². The molecule has 0 radical (unpaired) electrons. The van der Waals surface area contributed by atoms with E-state index in [9.17, 15) is 0 Å². The Labute approximate surface area is 145 Å². The monoisotopic (exact) mass is 414 g/mol. The zero-order chi connectivity index (χ0) is 14.3. The number of nitrogens with one attached hydrogen (secondary N) is 2. The van der Waals surface area contributed by atoms with Crippen molar-refractivity contribution in [2.45, 2.75) is 44.4 Å². The molecule has 0 bridgehead atoms. The third kappa shape index (κ3) is 7.36. The first-order valence-corrected chi connectivity index (χ1v) is 8.24. The van der Waals surface area contributed by atoms with Gasteiger partial charge in [0.05, 0.1) is 0 Å². The highest BCUT2D eigenvalue weighted by Gasteiger charge is 2.29. The van der Waals surface area contributed by atoms with Crippen LogP contribution in [0.3, 0.4) is 0 Å². The van der Waals surface area contributed by atoms with E-state index >= 15 is 0 Å². The van der Waals surface area contributed by atoms with Crippen LogP contribution in [0.1, 0.15) is 33.6 Å². The first kappa shape index (κ1) is 20.3. The molecule has 0 spiro atoms. The van der Waals surface area contributed by atoms with Crippen LogP contribution in [0.5, 0.6) is 0 Å². The Morgan fingerprint density at radius 1 is 1.40 bits per heavy atom. The molecule has 20 heavy (non-hydrogen) atoms. The first-order chi connectivity index (χ1) is 8.97. The lowest BCUT2D eigenvalue weighted by atomic mass is 10.1. The van der Waals surface area contributed by atoms with Gasteiger partial charge in [0, 0.05) is 37.5 Å². The van der Waals surface area contributed by atoms with Crippen molar-refractivity contribution in [2.75, 3.05) is 39.5 Å². The number of hydrogen-bond donors (Lipinski definition) is 2. The molecular formula is C14H31IN4S. The van der Waals surface area contributed by atoms with E-state index in [1.54, 1.807) is 0 Å². The maximum absolute atomic E-state index is 4.29. The van der Waals surface area contributed by atoms with E-state index in [2.05, 4.69) is 60.1 Å². The van der Waals surface area contributed by atoms with Crippen LogP contribution in [0, 0.1) is 0 Å². The molecule has 0 aromatic heterocycles. The molecule has 120 valence electrons. The molecule has 0 aliphatic carbocycles. The van der Waals surface area contributed by atoms with Crippen LogP contribution in [0.4, 0.5) is 0 Å². The molecule has 1 aliphatic heterocycles. The van der Waals surface area contributed by atoms with Crippen molar-refractivity contribution in [1.82, 2.24) is 15.5 Å². The van der Waals surface area contributed by atoms with E-state index in [0.717, 1.165) is 25.6 Å². The molecule has 1 saturated heterocycles. The average Bonchev–Trinajstić information content (AvgIpc) is 2.80. The first-order valence-electron chi connectivity index (χ1n) is 7.25. The lowest BCUT2D eigenvalue weighted by Gasteiger charge is -2.25. The minimum Gasteiger partial charge on any atom is -0.355 e. The predicted octanol–water partition coefficient (Wildman–Crippen LogP) is 2.40. The molecule has 1 atom stereocenters. The summed E-state index contributed by atoms with van der Waals surface area (Å²) < 4.78 is 0.381. The molecule has 2 N–H and O–H groups in total.